The van der Waals surface area contributed by atoms with E-state index in [2.05, 4.69) is 5.32 Å². The van der Waals surface area contributed by atoms with Crippen molar-refractivity contribution in [3.8, 4) is 0 Å². The molecule has 0 rings (SSSR count). The molecule has 0 atom stereocenters. The largest absolute Gasteiger partial charge is 0.292 e. The van der Waals surface area contributed by atoms with E-state index in [4.69, 9.17) is 0 Å². The first kappa shape index (κ1) is 5.92. The van der Waals surface area contributed by atoms with E-state index in [0.29, 0.717) is 0 Å². The molecule has 37 valence electrons. The van der Waals surface area contributed by atoms with E-state index in [-0.39, 0.29) is 6.73 Å². The van der Waals surface area contributed by atoms with E-state index in [1.165, 1.54) is 0 Å². The fourth-order valence-corrected chi connectivity index (χ4v) is 0.249. The summed E-state index contributed by atoms with van der Waals surface area (Å²) >= 11 is 0. The Morgan fingerprint density at radius 1 is 1.67 bits per heavy atom. The van der Waals surface area contributed by atoms with Crippen LogP contribution in [-0.4, -0.2) is 13.3 Å². The average Bonchev–Trinajstić information content (AvgIpc) is 1.61. The Balaban J connectivity index is 2.34. The van der Waals surface area contributed by atoms with Crippen molar-refractivity contribution in [1.82, 2.24) is 5.32 Å². The van der Waals surface area contributed by atoms with Crippen LogP contribution in [0, 0.1) is 0 Å². The summed E-state index contributed by atoms with van der Waals surface area (Å²) in [4.78, 5) is 0. The number of nitrogens with one attached hydrogen (secondary N) is 1. The average molecular weight is 88.1 g/mol. The quantitative estimate of drug-likeness (QED) is 0.392. The molecule has 0 spiro atoms. The molecule has 1 radical (unpaired) electrons. The third kappa shape index (κ3) is 3.92. The Kier molecular flexibility index (Phi) is 4.85. The van der Waals surface area contributed by atoms with Crippen molar-refractivity contribution in [3.63, 3.8) is 0 Å². The van der Waals surface area contributed by atoms with Gasteiger partial charge in [0.1, 0.15) is 6.73 Å². The van der Waals surface area contributed by atoms with Gasteiger partial charge >= 0.3 is 0 Å². The lowest BCUT2D eigenvalue weighted by Gasteiger charge is -1.89. The van der Waals surface area contributed by atoms with E-state index in [0.717, 1.165) is 13.0 Å². The molecule has 0 heterocycles. The zero-order chi connectivity index (χ0) is 4.83. The maximum Gasteiger partial charge on any atom is 0.133 e. The molecule has 2 heteroatoms. The van der Waals surface area contributed by atoms with E-state index < -0.39 is 0 Å². The Hall–Kier alpha value is -0.0800. The van der Waals surface area contributed by atoms with Crippen LogP contribution in [0.25, 0.3) is 0 Å². The number of hydrogen-bond donors (Lipinski definition) is 1. The Morgan fingerprint density at radius 3 is 2.50 bits per heavy atom. The predicted octanol–water partition coefficient (Wildman–Crippen LogP) is 0.374. The molecule has 0 unspecified atom stereocenters. The third-order valence-electron chi connectivity index (χ3n) is 0.529. The Morgan fingerprint density at radius 2 is 2.33 bits per heavy atom. The molecule has 0 aromatic rings. The summed E-state index contributed by atoms with van der Waals surface area (Å²) in [5, 5.41) is 12.2. The maximum atomic E-state index is 9.58. The second-order valence-electron chi connectivity index (χ2n) is 1.14. The van der Waals surface area contributed by atoms with Crippen LogP contribution < -0.4 is 5.32 Å². The smallest absolute Gasteiger partial charge is 0.133 e. The first-order valence-electron chi connectivity index (χ1n) is 2.20. The SMILES string of the molecule is CCCNC[O]. The highest BCUT2D eigenvalue weighted by Gasteiger charge is 1.73. The minimum Gasteiger partial charge on any atom is -0.292 e. The second-order valence-corrected chi connectivity index (χ2v) is 1.14. The van der Waals surface area contributed by atoms with Gasteiger partial charge in [-0.05, 0) is 13.0 Å². The minimum absolute atomic E-state index is 0.145. The van der Waals surface area contributed by atoms with E-state index >= 15 is 0 Å². The summed E-state index contributed by atoms with van der Waals surface area (Å²) in [5.41, 5.74) is 0. The molecule has 0 amide bonds. The van der Waals surface area contributed by atoms with E-state index in [1.807, 2.05) is 6.92 Å². The summed E-state index contributed by atoms with van der Waals surface area (Å²) in [7, 11) is 0. The minimum atomic E-state index is -0.145. The molecule has 0 aromatic carbocycles. The van der Waals surface area contributed by atoms with Crippen molar-refractivity contribution in [2.45, 2.75) is 13.3 Å². The monoisotopic (exact) mass is 88.1 g/mol. The normalized spacial score (nSPS) is 9.00. The fourth-order valence-electron chi connectivity index (χ4n) is 0.249. The summed E-state index contributed by atoms with van der Waals surface area (Å²) in [6.07, 6.45) is 1.04. The van der Waals surface area contributed by atoms with Gasteiger partial charge in [0.25, 0.3) is 0 Å². The fraction of sp³-hybridized carbons (Fsp3) is 1.00. The van der Waals surface area contributed by atoms with Gasteiger partial charge < -0.3 is 0 Å². The molecule has 2 nitrogen and oxygen atoms in total. The summed E-state index contributed by atoms with van der Waals surface area (Å²) in [6.45, 7) is 2.74. The molecule has 0 aliphatic carbocycles. The molecule has 1 N–H and O–H groups in total. The second kappa shape index (κ2) is 4.92. The van der Waals surface area contributed by atoms with Gasteiger partial charge in [-0.15, -0.1) is 0 Å². The van der Waals surface area contributed by atoms with Gasteiger partial charge in [-0.25, -0.2) is 5.11 Å². The molecule has 0 saturated carbocycles. The first-order chi connectivity index (χ1) is 2.91. The van der Waals surface area contributed by atoms with Gasteiger partial charge in [0, 0.05) is 0 Å². The van der Waals surface area contributed by atoms with Gasteiger partial charge in [-0.1, -0.05) is 6.92 Å². The van der Waals surface area contributed by atoms with Crippen molar-refractivity contribution in [1.29, 1.82) is 0 Å². The maximum absolute atomic E-state index is 9.58. The highest BCUT2D eigenvalue weighted by molar-refractivity contribution is 4.30. The zero-order valence-electron chi connectivity index (χ0n) is 4.03. The van der Waals surface area contributed by atoms with Crippen LogP contribution in [0.3, 0.4) is 0 Å². The van der Waals surface area contributed by atoms with Crippen LogP contribution in [-0.2, 0) is 5.11 Å². The Bertz CT molecular complexity index is 19.5. The lowest BCUT2D eigenvalue weighted by atomic mass is 10.5. The molecule has 0 saturated heterocycles. The predicted molar refractivity (Wildman–Crippen MR) is 23.8 cm³/mol. The van der Waals surface area contributed by atoms with E-state index in [9.17, 15) is 5.11 Å². The molecular formula is C4H10NO. The molecule has 0 aliphatic heterocycles. The van der Waals surface area contributed by atoms with Crippen molar-refractivity contribution in [3.05, 3.63) is 0 Å². The van der Waals surface area contributed by atoms with Crippen LogP contribution >= 0.6 is 0 Å². The van der Waals surface area contributed by atoms with Crippen molar-refractivity contribution >= 4 is 0 Å². The number of rotatable bonds is 3. The van der Waals surface area contributed by atoms with Crippen molar-refractivity contribution in [2.24, 2.45) is 0 Å². The lowest BCUT2D eigenvalue weighted by molar-refractivity contribution is 0.168. The molecular weight excluding hydrogens is 78.0 g/mol. The Labute approximate surface area is 38.2 Å². The standard InChI is InChI=1S/C4H10NO/c1-2-3-5-4-6/h5H,2-4H2,1H3. The molecule has 0 aromatic heterocycles. The van der Waals surface area contributed by atoms with Crippen LogP contribution in [0.15, 0.2) is 0 Å². The zero-order valence-corrected chi connectivity index (χ0v) is 4.03. The third-order valence-corrected chi connectivity index (χ3v) is 0.529. The highest BCUT2D eigenvalue weighted by Crippen LogP contribution is 1.64. The van der Waals surface area contributed by atoms with Crippen LogP contribution in [0.4, 0.5) is 0 Å². The van der Waals surface area contributed by atoms with Crippen molar-refractivity contribution in [2.75, 3.05) is 13.3 Å². The van der Waals surface area contributed by atoms with E-state index in [1.54, 1.807) is 0 Å². The summed E-state index contributed by atoms with van der Waals surface area (Å²) in [6, 6.07) is 0. The molecule has 0 fully saturated rings. The first-order valence-corrected chi connectivity index (χ1v) is 2.20. The lowest BCUT2D eigenvalue weighted by Crippen LogP contribution is -2.13. The van der Waals surface area contributed by atoms with Crippen LogP contribution in [0.5, 0.6) is 0 Å². The topological polar surface area (TPSA) is 31.9 Å². The number of hydrogen-bond acceptors (Lipinski definition) is 1. The highest BCUT2D eigenvalue weighted by atomic mass is 16.3. The molecule has 0 aliphatic rings. The van der Waals surface area contributed by atoms with Crippen LogP contribution in [0.1, 0.15) is 13.3 Å². The van der Waals surface area contributed by atoms with Gasteiger partial charge in [0.05, 0.1) is 0 Å². The van der Waals surface area contributed by atoms with Crippen LogP contribution in [0.2, 0.25) is 0 Å². The summed E-state index contributed by atoms with van der Waals surface area (Å²) in [5.74, 6) is 0. The van der Waals surface area contributed by atoms with Crippen molar-refractivity contribution < 1.29 is 5.11 Å². The van der Waals surface area contributed by atoms with Gasteiger partial charge in [-0.3, -0.25) is 5.32 Å². The van der Waals surface area contributed by atoms with Gasteiger partial charge in [0.15, 0.2) is 0 Å². The summed E-state index contributed by atoms with van der Waals surface area (Å²) < 4.78 is 0. The molecule has 6 heavy (non-hydrogen) atoms. The van der Waals surface area contributed by atoms with Gasteiger partial charge in [-0.2, -0.15) is 0 Å². The molecule has 0 bridgehead atoms. The van der Waals surface area contributed by atoms with Gasteiger partial charge in [0.2, 0.25) is 0 Å².